The molecule has 211 valence electrons. The molecule has 0 saturated carbocycles. The maximum absolute atomic E-state index is 13.5. The van der Waals surface area contributed by atoms with E-state index in [2.05, 4.69) is 6.92 Å². The van der Waals surface area contributed by atoms with E-state index < -0.39 is 78.7 Å². The van der Waals surface area contributed by atoms with Gasteiger partial charge in [0.25, 0.3) is 0 Å². The Morgan fingerprint density at radius 2 is 0.571 bits per heavy atom. The van der Waals surface area contributed by atoms with Crippen LogP contribution in [0.3, 0.4) is 0 Å². The molecule has 1 radical (unpaired) electrons. The van der Waals surface area contributed by atoms with Crippen molar-refractivity contribution in [3.05, 3.63) is 6.92 Å². The quantitative estimate of drug-likeness (QED) is 0.218. The molecule has 0 atom stereocenters. The molecule has 21 heteroatoms. The minimum absolute atomic E-state index is 0.837. The first-order valence-corrected chi connectivity index (χ1v) is 8.07. The fraction of sp³-hybridized carbons (Fsp3) is 0.929. The van der Waals surface area contributed by atoms with Gasteiger partial charge in [-0.15, -0.1) is 0 Å². The van der Waals surface area contributed by atoms with Gasteiger partial charge in [-0.25, -0.2) is 0 Å². The number of hydrogen-bond donors (Lipinski definition) is 0. The van der Waals surface area contributed by atoms with Crippen LogP contribution in [0.5, 0.6) is 0 Å². The first-order chi connectivity index (χ1) is 14.8. The van der Waals surface area contributed by atoms with Crippen molar-refractivity contribution in [2.45, 2.75) is 78.7 Å². The topological polar surface area (TPSA) is 0 Å². The van der Waals surface area contributed by atoms with Gasteiger partial charge in [0.15, 0.2) is 0 Å². The fourth-order valence-electron chi connectivity index (χ4n) is 2.09. The van der Waals surface area contributed by atoms with Crippen molar-refractivity contribution in [2.24, 2.45) is 0 Å². The number of unbranched alkanes of at least 4 members (excludes halogenated alkanes) is 1. The Bertz CT molecular complexity index is 742. The van der Waals surface area contributed by atoms with Crippen LogP contribution in [-0.4, -0.2) is 59.5 Å². The molecule has 0 aromatic carbocycles. The Morgan fingerprint density at radius 1 is 0.343 bits per heavy atom. The maximum atomic E-state index is 13.5. The average Bonchev–Trinajstić information content (AvgIpc) is 2.64. The summed E-state index contributed by atoms with van der Waals surface area (Å²) < 4.78 is 274. The van der Waals surface area contributed by atoms with Gasteiger partial charge in [-0.2, -0.15) is 92.2 Å². The molecular formula is C14H8F21. The summed E-state index contributed by atoms with van der Waals surface area (Å²) in [5.41, 5.74) is 0. The molecule has 0 aromatic rings. The van der Waals surface area contributed by atoms with Crippen LogP contribution in [0.4, 0.5) is 92.2 Å². The summed E-state index contributed by atoms with van der Waals surface area (Å²) in [7, 11) is 0. The van der Waals surface area contributed by atoms with Crippen molar-refractivity contribution < 1.29 is 92.2 Å². The highest BCUT2D eigenvalue weighted by atomic mass is 19.4. The van der Waals surface area contributed by atoms with Crippen molar-refractivity contribution in [1.29, 1.82) is 0 Å². The summed E-state index contributed by atoms with van der Waals surface area (Å²) in [6.45, 7) is 2.71. The first kappa shape index (κ1) is 33.5. The summed E-state index contributed by atoms with van der Waals surface area (Å²) in [5.74, 6) is -76.3. The molecule has 0 unspecified atom stereocenters. The lowest BCUT2D eigenvalue weighted by Crippen LogP contribution is -2.76. The van der Waals surface area contributed by atoms with Crippen molar-refractivity contribution in [2.75, 3.05) is 0 Å². The molecule has 0 aromatic heterocycles. The monoisotopic (exact) mass is 575 g/mol. The zero-order valence-corrected chi connectivity index (χ0v) is 15.8. The van der Waals surface area contributed by atoms with Gasteiger partial charge in [0.05, 0.1) is 0 Å². The predicted molar refractivity (Wildman–Crippen MR) is 69.8 cm³/mol. The van der Waals surface area contributed by atoms with Crippen LogP contribution in [0.15, 0.2) is 0 Å². The Kier molecular flexibility index (Phi) is 8.18. The molecule has 0 aliphatic carbocycles. The number of hydrogen-bond acceptors (Lipinski definition) is 0. The zero-order chi connectivity index (χ0) is 29.1. The number of rotatable bonds is 11. The lowest BCUT2D eigenvalue weighted by Gasteiger charge is -2.44. The minimum Gasteiger partial charge on any atom is -0.200 e. The molecule has 0 nitrogen and oxygen atoms in total. The van der Waals surface area contributed by atoms with Gasteiger partial charge in [-0.1, -0.05) is 13.3 Å². The Morgan fingerprint density at radius 3 is 0.800 bits per heavy atom. The molecule has 0 aliphatic heterocycles. The van der Waals surface area contributed by atoms with E-state index in [-0.39, 0.29) is 0 Å². The fourth-order valence-corrected chi connectivity index (χ4v) is 2.09. The molecule has 0 spiro atoms. The van der Waals surface area contributed by atoms with Crippen molar-refractivity contribution in [3.8, 4) is 0 Å². The van der Waals surface area contributed by atoms with E-state index in [0.717, 1.165) is 0 Å². The summed E-state index contributed by atoms with van der Waals surface area (Å²) >= 11 is 0. The molecule has 0 N–H and O–H groups in total. The molecule has 0 fully saturated rings. The van der Waals surface area contributed by atoms with Crippen molar-refractivity contribution in [3.63, 3.8) is 0 Å². The van der Waals surface area contributed by atoms with Gasteiger partial charge < -0.3 is 0 Å². The third-order valence-electron chi connectivity index (χ3n) is 4.32. The van der Waals surface area contributed by atoms with Crippen LogP contribution in [0.2, 0.25) is 0 Å². The number of alkyl halides is 21. The summed E-state index contributed by atoms with van der Waals surface area (Å²) in [6, 6.07) is 0. The first-order valence-electron chi connectivity index (χ1n) is 8.07. The van der Waals surface area contributed by atoms with Crippen LogP contribution in [-0.2, 0) is 0 Å². The van der Waals surface area contributed by atoms with Gasteiger partial charge in [0.1, 0.15) is 0 Å². The third kappa shape index (κ3) is 4.24. The predicted octanol–water partition coefficient (Wildman–Crippen LogP) is 8.27. The van der Waals surface area contributed by atoms with E-state index in [1.807, 2.05) is 0 Å². The molecule has 35 heavy (non-hydrogen) atoms. The highest BCUT2D eigenvalue weighted by molar-refractivity contribution is 5.17. The van der Waals surface area contributed by atoms with E-state index in [1.165, 1.54) is 0 Å². The minimum atomic E-state index is -9.14. The largest absolute Gasteiger partial charge is 0.460 e. The van der Waals surface area contributed by atoms with E-state index in [1.54, 1.807) is 0 Å². The van der Waals surface area contributed by atoms with E-state index in [9.17, 15) is 92.2 Å². The van der Waals surface area contributed by atoms with E-state index >= 15 is 0 Å². The molecule has 0 saturated heterocycles. The van der Waals surface area contributed by atoms with Crippen LogP contribution in [0.25, 0.3) is 0 Å². The standard InChI is InChI=1S/C14H8F21/c1-2-3-4-5(15,16)6(17,18)7(19,20)8(21,22)9(23,24)10(25,26)11(27,28)12(29,30)13(31,32)14(33,34)35/h1-4H2. The number of halogens is 21. The second-order valence-corrected chi connectivity index (χ2v) is 6.75. The van der Waals surface area contributed by atoms with Crippen LogP contribution >= 0.6 is 0 Å². The molecule has 0 heterocycles. The summed E-state index contributed by atoms with van der Waals surface area (Å²) in [6.07, 6.45) is -12.8. The van der Waals surface area contributed by atoms with Gasteiger partial charge in [-0.05, 0) is 6.42 Å². The highest BCUT2D eigenvalue weighted by Crippen LogP contribution is 2.66. The summed E-state index contributed by atoms with van der Waals surface area (Å²) in [5, 5.41) is 0. The zero-order valence-electron chi connectivity index (χ0n) is 15.8. The van der Waals surface area contributed by atoms with Gasteiger partial charge in [-0.3, -0.25) is 0 Å². The average molecular weight is 575 g/mol. The summed E-state index contributed by atoms with van der Waals surface area (Å²) in [4.78, 5) is 0. The second kappa shape index (κ2) is 8.54. The molecule has 0 rings (SSSR count). The lowest BCUT2D eigenvalue weighted by molar-refractivity contribution is -0.474. The third-order valence-corrected chi connectivity index (χ3v) is 4.32. The lowest BCUT2D eigenvalue weighted by atomic mass is 9.85. The van der Waals surface area contributed by atoms with Gasteiger partial charge in [0.2, 0.25) is 0 Å². The van der Waals surface area contributed by atoms with Crippen molar-refractivity contribution >= 4 is 0 Å². The Balaban J connectivity index is 6.97. The van der Waals surface area contributed by atoms with E-state index in [4.69, 9.17) is 0 Å². The molecule has 0 bridgehead atoms. The molecular weight excluding hydrogens is 567 g/mol. The van der Waals surface area contributed by atoms with Gasteiger partial charge >= 0.3 is 59.5 Å². The Hall–Kier alpha value is -1.47. The van der Waals surface area contributed by atoms with E-state index in [0.29, 0.717) is 0 Å². The molecule has 0 amide bonds. The Labute approximate surface area is 179 Å². The van der Waals surface area contributed by atoms with Crippen molar-refractivity contribution in [1.82, 2.24) is 0 Å². The maximum Gasteiger partial charge on any atom is 0.460 e. The molecule has 0 aliphatic rings. The van der Waals surface area contributed by atoms with Gasteiger partial charge in [0, 0.05) is 6.42 Å². The normalized spacial score (nSPS) is 16.6. The van der Waals surface area contributed by atoms with Crippen LogP contribution < -0.4 is 0 Å². The highest BCUT2D eigenvalue weighted by Gasteiger charge is 2.97. The van der Waals surface area contributed by atoms with Crippen LogP contribution in [0, 0.1) is 6.92 Å². The smallest absolute Gasteiger partial charge is 0.200 e. The SMILES string of the molecule is [CH2]CCCC(F)(F)C(F)(F)C(F)(F)C(F)(F)C(F)(F)C(F)(F)C(F)(F)C(F)(F)C(F)(F)C(F)(F)F. The van der Waals surface area contributed by atoms with Crippen LogP contribution in [0.1, 0.15) is 19.3 Å². The second-order valence-electron chi connectivity index (χ2n) is 6.75.